The topological polar surface area (TPSA) is 79.9 Å². The standard InChI is InChI=1S/C25H27N3O4/c1-31-20-11-9-19(10-12-20)27-25(30)24(29)26-17-23(28-13-15-32-16-14-28)22-8-4-6-18-5-2-3-7-21(18)22/h2-12,23H,13-17H2,1H3,(H,26,29)(H,27,30)/t23-/m1/s1. The number of benzene rings is 3. The van der Waals surface area contributed by atoms with Crippen molar-refractivity contribution in [1.29, 1.82) is 0 Å². The number of nitrogens with zero attached hydrogens (tertiary/aromatic N) is 1. The first-order valence-electron chi connectivity index (χ1n) is 10.7. The van der Waals surface area contributed by atoms with Crippen molar-refractivity contribution < 1.29 is 19.1 Å². The van der Waals surface area contributed by atoms with Gasteiger partial charge in [0.05, 0.1) is 26.4 Å². The minimum atomic E-state index is -0.700. The minimum absolute atomic E-state index is 0.0669. The number of hydrogen-bond acceptors (Lipinski definition) is 5. The smallest absolute Gasteiger partial charge is 0.313 e. The molecule has 166 valence electrons. The number of hydrogen-bond donors (Lipinski definition) is 2. The van der Waals surface area contributed by atoms with Gasteiger partial charge in [-0.1, -0.05) is 42.5 Å². The van der Waals surface area contributed by atoms with Gasteiger partial charge in [-0.15, -0.1) is 0 Å². The molecule has 0 aromatic heterocycles. The third kappa shape index (κ3) is 5.07. The number of ether oxygens (including phenoxy) is 2. The van der Waals surface area contributed by atoms with Crippen LogP contribution in [0.25, 0.3) is 10.8 Å². The summed E-state index contributed by atoms with van der Waals surface area (Å²) in [4.78, 5) is 27.3. The summed E-state index contributed by atoms with van der Waals surface area (Å²) in [5, 5.41) is 7.74. The Morgan fingerprint density at radius 1 is 0.969 bits per heavy atom. The molecule has 0 spiro atoms. The van der Waals surface area contributed by atoms with Gasteiger partial charge in [0.1, 0.15) is 5.75 Å². The van der Waals surface area contributed by atoms with Crippen LogP contribution in [0.1, 0.15) is 11.6 Å². The Labute approximate surface area is 187 Å². The van der Waals surface area contributed by atoms with Gasteiger partial charge < -0.3 is 20.1 Å². The highest BCUT2D eigenvalue weighted by Crippen LogP contribution is 2.28. The molecule has 0 bridgehead atoms. The van der Waals surface area contributed by atoms with Crippen molar-refractivity contribution in [2.45, 2.75) is 6.04 Å². The molecule has 1 heterocycles. The minimum Gasteiger partial charge on any atom is -0.497 e. The molecule has 7 nitrogen and oxygen atoms in total. The number of carbonyl (C=O) groups is 2. The maximum absolute atomic E-state index is 12.6. The molecule has 1 aliphatic heterocycles. The van der Waals surface area contributed by atoms with E-state index in [1.807, 2.05) is 18.2 Å². The van der Waals surface area contributed by atoms with Crippen molar-refractivity contribution in [1.82, 2.24) is 10.2 Å². The van der Waals surface area contributed by atoms with Crippen molar-refractivity contribution in [3.63, 3.8) is 0 Å². The third-order valence-corrected chi connectivity index (χ3v) is 5.68. The van der Waals surface area contributed by atoms with E-state index in [4.69, 9.17) is 9.47 Å². The molecule has 2 N–H and O–H groups in total. The number of carbonyl (C=O) groups excluding carboxylic acids is 2. The molecule has 0 aliphatic carbocycles. The van der Waals surface area contributed by atoms with Gasteiger partial charge in [-0.25, -0.2) is 0 Å². The van der Waals surface area contributed by atoms with Crippen molar-refractivity contribution in [3.8, 4) is 5.75 Å². The molecule has 0 radical (unpaired) electrons. The fourth-order valence-electron chi connectivity index (χ4n) is 4.00. The van der Waals surface area contributed by atoms with Crippen LogP contribution in [0.2, 0.25) is 0 Å². The molecule has 1 fully saturated rings. The average molecular weight is 434 g/mol. The van der Waals surface area contributed by atoms with Gasteiger partial charge in [-0.2, -0.15) is 0 Å². The van der Waals surface area contributed by atoms with Gasteiger partial charge in [0.25, 0.3) is 0 Å². The zero-order valence-corrected chi connectivity index (χ0v) is 18.0. The lowest BCUT2D eigenvalue weighted by Gasteiger charge is -2.35. The Morgan fingerprint density at radius 3 is 2.44 bits per heavy atom. The molecule has 2 amide bonds. The van der Waals surface area contributed by atoms with E-state index in [9.17, 15) is 9.59 Å². The van der Waals surface area contributed by atoms with Crippen molar-refractivity contribution in [3.05, 3.63) is 72.3 Å². The zero-order chi connectivity index (χ0) is 22.3. The van der Waals surface area contributed by atoms with Crippen molar-refractivity contribution >= 4 is 28.3 Å². The second kappa shape index (κ2) is 10.3. The summed E-state index contributed by atoms with van der Waals surface area (Å²) in [6.07, 6.45) is 0. The molecule has 1 saturated heterocycles. The van der Waals surface area contributed by atoms with Crippen molar-refractivity contribution in [2.24, 2.45) is 0 Å². The SMILES string of the molecule is COc1ccc(NC(=O)C(=O)NC[C@H](c2cccc3ccccc23)N2CCOCC2)cc1. The zero-order valence-electron chi connectivity index (χ0n) is 18.0. The number of methoxy groups -OCH3 is 1. The van der Waals surface area contributed by atoms with Crippen LogP contribution in [0.4, 0.5) is 5.69 Å². The van der Waals surface area contributed by atoms with Gasteiger partial charge in [0.15, 0.2) is 0 Å². The van der Waals surface area contributed by atoms with Gasteiger partial charge in [0, 0.05) is 25.3 Å². The Kier molecular flexibility index (Phi) is 6.99. The maximum atomic E-state index is 12.6. The number of anilines is 1. The van der Waals surface area contributed by atoms with Crippen LogP contribution < -0.4 is 15.4 Å². The van der Waals surface area contributed by atoms with Crippen molar-refractivity contribution in [2.75, 3.05) is 45.3 Å². The van der Waals surface area contributed by atoms with Crippen LogP contribution in [0.5, 0.6) is 5.75 Å². The van der Waals surface area contributed by atoms with Crippen LogP contribution in [0.15, 0.2) is 66.7 Å². The van der Waals surface area contributed by atoms with E-state index in [1.54, 1.807) is 31.4 Å². The molecule has 0 unspecified atom stereocenters. The molecule has 3 aromatic carbocycles. The molecule has 4 rings (SSSR count). The Bertz CT molecular complexity index is 1070. The lowest BCUT2D eigenvalue weighted by atomic mass is 9.97. The summed E-state index contributed by atoms with van der Waals surface area (Å²) < 4.78 is 10.6. The third-order valence-electron chi connectivity index (χ3n) is 5.68. The van der Waals surface area contributed by atoms with Gasteiger partial charge >= 0.3 is 11.8 Å². The highest BCUT2D eigenvalue weighted by atomic mass is 16.5. The molecule has 0 saturated carbocycles. The van der Waals surface area contributed by atoms with Crippen LogP contribution in [-0.4, -0.2) is 56.7 Å². The van der Waals surface area contributed by atoms with E-state index in [2.05, 4.69) is 39.8 Å². The number of rotatable bonds is 6. The highest BCUT2D eigenvalue weighted by molar-refractivity contribution is 6.39. The lowest BCUT2D eigenvalue weighted by Crippen LogP contribution is -2.45. The summed E-state index contributed by atoms with van der Waals surface area (Å²) >= 11 is 0. The summed E-state index contributed by atoms with van der Waals surface area (Å²) in [6, 6.07) is 21.2. The molecule has 1 atom stereocenters. The van der Waals surface area contributed by atoms with E-state index in [0.29, 0.717) is 31.2 Å². The summed E-state index contributed by atoms with van der Waals surface area (Å²) in [7, 11) is 1.57. The first kappa shape index (κ1) is 21.8. The first-order chi connectivity index (χ1) is 15.7. The second-order valence-electron chi connectivity index (χ2n) is 7.63. The molecule has 7 heteroatoms. The van der Waals surface area contributed by atoms with Gasteiger partial charge in [-0.3, -0.25) is 14.5 Å². The van der Waals surface area contributed by atoms with Crippen LogP contribution in [0.3, 0.4) is 0 Å². The largest absolute Gasteiger partial charge is 0.497 e. The Hall–Kier alpha value is -3.42. The quantitative estimate of drug-likeness (QED) is 0.585. The van der Waals surface area contributed by atoms with E-state index < -0.39 is 11.8 Å². The number of fused-ring (bicyclic) bond motifs is 1. The predicted molar refractivity (Wildman–Crippen MR) is 124 cm³/mol. The fraction of sp³-hybridized carbons (Fsp3) is 0.280. The molecular weight excluding hydrogens is 406 g/mol. The second-order valence-corrected chi connectivity index (χ2v) is 7.63. The van der Waals surface area contributed by atoms with E-state index in [1.165, 1.54) is 0 Å². The summed E-state index contributed by atoms with van der Waals surface area (Å²) in [5.41, 5.74) is 1.66. The van der Waals surface area contributed by atoms with Gasteiger partial charge in [0.2, 0.25) is 0 Å². The molecular formula is C25H27N3O4. The molecule has 1 aliphatic rings. The molecule has 32 heavy (non-hydrogen) atoms. The molecule has 3 aromatic rings. The maximum Gasteiger partial charge on any atom is 0.313 e. The highest BCUT2D eigenvalue weighted by Gasteiger charge is 2.25. The Balaban J connectivity index is 1.48. The van der Waals surface area contributed by atoms with Gasteiger partial charge in [-0.05, 0) is 40.6 Å². The van der Waals surface area contributed by atoms with Crippen LogP contribution >= 0.6 is 0 Å². The monoisotopic (exact) mass is 433 g/mol. The first-order valence-corrected chi connectivity index (χ1v) is 10.7. The number of nitrogens with one attached hydrogen (secondary N) is 2. The van der Waals surface area contributed by atoms with E-state index >= 15 is 0 Å². The Morgan fingerprint density at radius 2 is 1.69 bits per heavy atom. The number of morpholine rings is 1. The van der Waals surface area contributed by atoms with E-state index in [0.717, 1.165) is 29.4 Å². The average Bonchev–Trinajstić information content (AvgIpc) is 2.85. The summed E-state index contributed by atoms with van der Waals surface area (Å²) in [5.74, 6) is -0.691. The lowest BCUT2D eigenvalue weighted by molar-refractivity contribution is -0.136. The summed E-state index contributed by atoms with van der Waals surface area (Å²) in [6.45, 7) is 3.15. The normalized spacial score (nSPS) is 15.2. The fourth-order valence-corrected chi connectivity index (χ4v) is 4.00. The van der Waals surface area contributed by atoms with E-state index in [-0.39, 0.29) is 6.04 Å². The van der Waals surface area contributed by atoms with Crippen LogP contribution in [-0.2, 0) is 14.3 Å². The number of amides is 2. The predicted octanol–water partition coefficient (Wildman–Crippen LogP) is 2.98. The van der Waals surface area contributed by atoms with Crippen LogP contribution in [0, 0.1) is 0 Å².